The van der Waals surface area contributed by atoms with Gasteiger partial charge in [0.1, 0.15) is 0 Å². The van der Waals surface area contributed by atoms with Crippen LogP contribution in [0.2, 0.25) is 0 Å². The number of aromatic hydroxyl groups is 1. The smallest absolute Gasteiger partial charge is 0.166 e. The Bertz CT molecular complexity index is 468. The van der Waals surface area contributed by atoms with Crippen LogP contribution in [0.4, 0.5) is 4.39 Å². The Morgan fingerprint density at radius 2 is 2.24 bits per heavy atom. The molecule has 92 valence electrons. The summed E-state index contributed by atoms with van der Waals surface area (Å²) in [5, 5.41) is 18.2. The topological polar surface area (TPSA) is 70.0 Å². The highest BCUT2D eigenvalue weighted by Crippen LogP contribution is 2.30. The van der Waals surface area contributed by atoms with E-state index in [9.17, 15) is 9.50 Å². The highest BCUT2D eigenvalue weighted by Gasteiger charge is 2.16. The Balaban J connectivity index is 0.00000256. The molecule has 3 nitrogen and oxygen atoms in total. The van der Waals surface area contributed by atoms with Crippen LogP contribution in [-0.2, 0) is 0 Å². The van der Waals surface area contributed by atoms with E-state index in [1.54, 1.807) is 6.92 Å². The van der Waals surface area contributed by atoms with Gasteiger partial charge in [-0.25, -0.2) is 4.39 Å². The third-order valence-electron chi connectivity index (χ3n) is 2.19. The molecule has 0 radical (unpaired) electrons. The Morgan fingerprint density at radius 1 is 1.65 bits per heavy atom. The Labute approximate surface area is 106 Å². The lowest BCUT2D eigenvalue weighted by Crippen LogP contribution is -2.11. The lowest BCUT2D eigenvalue weighted by atomic mass is 9.98. The largest absolute Gasteiger partial charge is 0.505 e. The lowest BCUT2D eigenvalue weighted by molar-refractivity contribution is 0.420. The standard InChI is InChI=1S/C12H13FN2O.ClH/c1-7(2)3-11(15)9-4-8(6-14)5-10(13)12(9)16;/h4-5,11,16H,1,3,15H2,2H3;1H/t11-;/m0./s1. The maximum Gasteiger partial charge on any atom is 0.166 e. The van der Waals surface area contributed by atoms with E-state index in [0.29, 0.717) is 6.42 Å². The number of nitrogens with two attached hydrogens (primary N) is 1. The van der Waals surface area contributed by atoms with Crippen molar-refractivity contribution >= 4 is 12.4 Å². The number of halogens is 2. The van der Waals surface area contributed by atoms with Crippen LogP contribution in [0.15, 0.2) is 24.3 Å². The second-order valence-electron chi connectivity index (χ2n) is 3.78. The number of phenolic OH excluding ortho intramolecular Hbond substituents is 1. The summed E-state index contributed by atoms with van der Waals surface area (Å²) in [6.45, 7) is 5.49. The first kappa shape index (κ1) is 15.4. The van der Waals surface area contributed by atoms with Crippen molar-refractivity contribution in [3.8, 4) is 11.8 Å². The minimum absolute atomic E-state index is 0. The van der Waals surface area contributed by atoms with Gasteiger partial charge in [-0.05, 0) is 25.5 Å². The van der Waals surface area contributed by atoms with Gasteiger partial charge in [0.25, 0.3) is 0 Å². The SMILES string of the molecule is C=C(C)C[C@H](N)c1cc(C#N)cc(F)c1O.Cl. The zero-order chi connectivity index (χ0) is 12.3. The highest BCUT2D eigenvalue weighted by molar-refractivity contribution is 5.85. The zero-order valence-electron chi connectivity index (χ0n) is 9.40. The molecule has 0 spiro atoms. The number of hydrogen-bond acceptors (Lipinski definition) is 3. The summed E-state index contributed by atoms with van der Waals surface area (Å²) >= 11 is 0. The molecular weight excluding hydrogens is 243 g/mol. The number of nitrogens with zero attached hydrogens (tertiary/aromatic N) is 1. The van der Waals surface area contributed by atoms with Crippen molar-refractivity contribution in [3.63, 3.8) is 0 Å². The average molecular weight is 257 g/mol. The van der Waals surface area contributed by atoms with Gasteiger partial charge in [-0.1, -0.05) is 5.57 Å². The molecule has 0 saturated carbocycles. The molecule has 0 amide bonds. The summed E-state index contributed by atoms with van der Waals surface area (Å²) in [6, 6.07) is 3.63. The van der Waals surface area contributed by atoms with Crippen molar-refractivity contribution in [2.45, 2.75) is 19.4 Å². The van der Waals surface area contributed by atoms with Crippen molar-refractivity contribution in [2.24, 2.45) is 5.73 Å². The van der Waals surface area contributed by atoms with Crippen LogP contribution < -0.4 is 5.73 Å². The predicted octanol–water partition coefficient (Wildman–Crippen LogP) is 2.79. The zero-order valence-corrected chi connectivity index (χ0v) is 10.2. The second-order valence-corrected chi connectivity index (χ2v) is 3.78. The van der Waals surface area contributed by atoms with Crippen molar-refractivity contribution in [1.82, 2.24) is 0 Å². The Morgan fingerprint density at radius 3 is 2.71 bits per heavy atom. The van der Waals surface area contributed by atoms with Crippen LogP contribution in [0, 0.1) is 17.1 Å². The van der Waals surface area contributed by atoms with Crippen LogP contribution in [-0.4, -0.2) is 5.11 Å². The fraction of sp³-hybridized carbons (Fsp3) is 0.250. The molecule has 0 aliphatic rings. The molecule has 17 heavy (non-hydrogen) atoms. The molecule has 0 aromatic heterocycles. The fourth-order valence-corrected chi connectivity index (χ4v) is 1.45. The molecule has 0 saturated heterocycles. The van der Waals surface area contributed by atoms with Gasteiger partial charge in [0.2, 0.25) is 0 Å². The monoisotopic (exact) mass is 256 g/mol. The third-order valence-corrected chi connectivity index (χ3v) is 2.19. The van der Waals surface area contributed by atoms with Gasteiger partial charge in [-0.15, -0.1) is 19.0 Å². The van der Waals surface area contributed by atoms with Crippen LogP contribution in [0.1, 0.15) is 30.5 Å². The van der Waals surface area contributed by atoms with E-state index in [2.05, 4.69) is 6.58 Å². The van der Waals surface area contributed by atoms with Crippen molar-refractivity contribution in [3.05, 3.63) is 41.2 Å². The molecule has 0 aliphatic carbocycles. The van der Waals surface area contributed by atoms with Crippen LogP contribution in [0.3, 0.4) is 0 Å². The molecule has 1 rings (SSSR count). The first-order chi connectivity index (χ1) is 7.45. The van der Waals surface area contributed by atoms with Gasteiger partial charge in [-0.3, -0.25) is 0 Å². The van der Waals surface area contributed by atoms with Crippen LogP contribution in [0.25, 0.3) is 0 Å². The van der Waals surface area contributed by atoms with E-state index in [4.69, 9.17) is 11.0 Å². The van der Waals surface area contributed by atoms with E-state index in [-0.39, 0.29) is 23.5 Å². The molecule has 3 N–H and O–H groups in total. The molecule has 0 aliphatic heterocycles. The Hall–Kier alpha value is -1.57. The van der Waals surface area contributed by atoms with Gasteiger partial charge in [0, 0.05) is 11.6 Å². The fourth-order valence-electron chi connectivity index (χ4n) is 1.45. The summed E-state index contributed by atoms with van der Waals surface area (Å²) in [5.74, 6) is -1.32. The Kier molecular flexibility index (Phi) is 5.66. The van der Waals surface area contributed by atoms with Gasteiger partial charge >= 0.3 is 0 Å². The van der Waals surface area contributed by atoms with E-state index in [1.807, 2.05) is 6.07 Å². The maximum atomic E-state index is 13.2. The van der Waals surface area contributed by atoms with Crippen molar-refractivity contribution in [1.29, 1.82) is 5.26 Å². The molecule has 1 aromatic rings. The molecule has 0 fully saturated rings. The van der Waals surface area contributed by atoms with Gasteiger partial charge in [0.05, 0.1) is 11.6 Å². The number of benzene rings is 1. The number of nitriles is 1. The summed E-state index contributed by atoms with van der Waals surface area (Å²) in [4.78, 5) is 0. The van der Waals surface area contributed by atoms with E-state index < -0.39 is 17.6 Å². The molecule has 5 heteroatoms. The molecule has 0 bridgehead atoms. The van der Waals surface area contributed by atoms with Gasteiger partial charge in [0.15, 0.2) is 11.6 Å². The van der Waals surface area contributed by atoms with Crippen LogP contribution in [0.5, 0.6) is 5.75 Å². The third kappa shape index (κ3) is 3.74. The second kappa shape index (κ2) is 6.24. The average Bonchev–Trinajstić information content (AvgIpc) is 2.20. The van der Waals surface area contributed by atoms with E-state index >= 15 is 0 Å². The molecule has 0 unspecified atom stereocenters. The number of rotatable bonds is 3. The number of phenols is 1. The first-order valence-corrected chi connectivity index (χ1v) is 4.78. The minimum Gasteiger partial charge on any atom is -0.505 e. The predicted molar refractivity (Wildman–Crippen MR) is 66.4 cm³/mol. The quantitative estimate of drug-likeness (QED) is 0.817. The molecule has 0 heterocycles. The number of hydrogen-bond donors (Lipinski definition) is 2. The first-order valence-electron chi connectivity index (χ1n) is 4.78. The van der Waals surface area contributed by atoms with Gasteiger partial charge < -0.3 is 10.8 Å². The highest BCUT2D eigenvalue weighted by atomic mass is 35.5. The molecule has 1 aromatic carbocycles. The molecule has 1 atom stereocenters. The summed E-state index contributed by atoms with van der Waals surface area (Å²) < 4.78 is 13.2. The summed E-state index contributed by atoms with van der Waals surface area (Å²) in [7, 11) is 0. The van der Waals surface area contributed by atoms with Crippen molar-refractivity contribution < 1.29 is 9.50 Å². The molecular formula is C12H14ClFN2O. The summed E-state index contributed by atoms with van der Waals surface area (Å²) in [5.41, 5.74) is 7.00. The minimum atomic E-state index is -0.828. The van der Waals surface area contributed by atoms with E-state index in [1.165, 1.54) is 6.07 Å². The van der Waals surface area contributed by atoms with Crippen molar-refractivity contribution in [2.75, 3.05) is 0 Å². The lowest BCUT2D eigenvalue weighted by Gasteiger charge is -2.14. The van der Waals surface area contributed by atoms with Gasteiger partial charge in [-0.2, -0.15) is 5.26 Å². The maximum absolute atomic E-state index is 13.2. The normalized spacial score (nSPS) is 11.2. The van der Waals surface area contributed by atoms with Crippen LogP contribution >= 0.6 is 12.4 Å². The summed E-state index contributed by atoms with van der Waals surface area (Å²) in [6.07, 6.45) is 0.432. The van der Waals surface area contributed by atoms with E-state index in [0.717, 1.165) is 11.6 Å².